The highest BCUT2D eigenvalue weighted by atomic mass is 16.8. The van der Waals surface area contributed by atoms with Gasteiger partial charge in [0.2, 0.25) is 0 Å². The lowest BCUT2D eigenvalue weighted by Crippen LogP contribution is -2.68. The fraction of sp³-hybridized carbons (Fsp3) is 0.318. The smallest absolute Gasteiger partial charge is 0.187 e. The molecule has 0 amide bonds. The van der Waals surface area contributed by atoms with Crippen molar-refractivity contribution in [3.8, 4) is 0 Å². The topological polar surface area (TPSA) is 159 Å². The molecule has 16 nitrogen and oxygen atoms in total. The Morgan fingerprint density at radius 3 is 0.663 bits per heavy atom. The lowest BCUT2D eigenvalue weighted by molar-refractivity contribution is -0.404. The van der Waals surface area contributed by atoms with Crippen molar-refractivity contribution in [2.24, 2.45) is 0 Å². The van der Waals surface area contributed by atoms with Crippen molar-refractivity contribution in [1.82, 2.24) is 0 Å². The van der Waals surface area contributed by atoms with Crippen LogP contribution in [0.15, 0.2) is 303 Å². The molecule has 0 aliphatic carbocycles. The SMILES string of the molecule is O[C@H]1O[C@H](COCc2ccccc2)[C@@H](OCc2ccccc2)[C@H](OCc2ccccc2)[C@@H]1O[C@H]1O[C@H](COCc2ccccc2)[C@@H](OCc2ccccc2)[C@H](OCc2ccccc2)[C@@H]1O[C@@H]1O[C@H](COCc2ccccc2)[C@@H](OCc2ccccc2)[C@H](OCc2ccccc2)[C@@H]1OCc1ccccc1. The predicted octanol–water partition coefficient (Wildman–Crippen LogP) is 14.7. The molecule has 16 heteroatoms. The molecule has 0 unspecified atom stereocenters. The molecule has 104 heavy (non-hydrogen) atoms. The van der Waals surface area contributed by atoms with Crippen LogP contribution >= 0.6 is 0 Å². The minimum atomic E-state index is -1.68. The van der Waals surface area contributed by atoms with Crippen LogP contribution in [0.4, 0.5) is 0 Å². The van der Waals surface area contributed by atoms with Crippen LogP contribution in [0, 0.1) is 0 Å². The molecule has 13 rings (SSSR count). The normalized spacial score (nSPS) is 24.8. The summed E-state index contributed by atoms with van der Waals surface area (Å²) in [5.74, 6) is 0. The van der Waals surface area contributed by atoms with E-state index in [-0.39, 0.29) is 85.9 Å². The van der Waals surface area contributed by atoms with Crippen LogP contribution in [0.25, 0.3) is 0 Å². The molecule has 3 saturated heterocycles. The van der Waals surface area contributed by atoms with Gasteiger partial charge in [0.05, 0.1) is 85.9 Å². The first-order chi connectivity index (χ1) is 51.5. The zero-order chi connectivity index (χ0) is 70.6. The molecule has 1 N–H and O–H groups in total. The van der Waals surface area contributed by atoms with E-state index in [1.54, 1.807) is 0 Å². The molecular weight excluding hydrogens is 1310 g/mol. The average molecular weight is 1410 g/mol. The van der Waals surface area contributed by atoms with Gasteiger partial charge >= 0.3 is 0 Å². The molecule has 540 valence electrons. The number of ether oxygens (including phenoxy) is 15. The number of aliphatic hydroxyl groups is 1. The highest BCUT2D eigenvalue weighted by Gasteiger charge is 2.57. The van der Waals surface area contributed by atoms with Crippen molar-refractivity contribution in [3.63, 3.8) is 0 Å². The summed E-state index contributed by atoms with van der Waals surface area (Å²) in [6.07, 6.45) is -16.7. The van der Waals surface area contributed by atoms with Crippen molar-refractivity contribution in [2.45, 2.75) is 158 Å². The third-order valence-corrected chi connectivity index (χ3v) is 18.6. The third kappa shape index (κ3) is 21.6. The predicted molar refractivity (Wildman–Crippen MR) is 391 cm³/mol. The summed E-state index contributed by atoms with van der Waals surface area (Å²) in [5, 5.41) is 13.0. The highest BCUT2D eigenvalue weighted by molar-refractivity contribution is 5.21. The van der Waals surface area contributed by atoms with Gasteiger partial charge < -0.3 is 76.2 Å². The van der Waals surface area contributed by atoms with E-state index in [1.807, 2.05) is 303 Å². The van der Waals surface area contributed by atoms with Gasteiger partial charge in [-0.25, -0.2) is 0 Å². The third-order valence-electron chi connectivity index (χ3n) is 18.6. The van der Waals surface area contributed by atoms with Gasteiger partial charge in [-0.2, -0.15) is 0 Å². The Kier molecular flexibility index (Phi) is 28.1. The van der Waals surface area contributed by atoms with E-state index in [0.717, 1.165) is 55.6 Å². The van der Waals surface area contributed by atoms with Crippen LogP contribution < -0.4 is 0 Å². The van der Waals surface area contributed by atoms with Crippen molar-refractivity contribution in [1.29, 1.82) is 0 Å². The first-order valence-corrected chi connectivity index (χ1v) is 35.9. The Labute approximate surface area is 610 Å². The minimum Gasteiger partial charge on any atom is -0.374 e. The Bertz CT molecular complexity index is 3960. The second-order valence-corrected chi connectivity index (χ2v) is 26.2. The number of benzene rings is 10. The van der Waals surface area contributed by atoms with Gasteiger partial charge in [-0.15, -0.1) is 0 Å². The summed E-state index contributed by atoms with van der Waals surface area (Å²) < 4.78 is 108. The zero-order valence-corrected chi connectivity index (χ0v) is 58.3. The van der Waals surface area contributed by atoms with Crippen molar-refractivity contribution in [3.05, 3.63) is 359 Å². The average Bonchev–Trinajstić information content (AvgIpc) is 0.760. The number of hydrogen-bond donors (Lipinski definition) is 1. The largest absolute Gasteiger partial charge is 0.374 e. The maximum absolute atomic E-state index is 13.0. The van der Waals surface area contributed by atoms with E-state index in [9.17, 15) is 5.11 Å². The molecule has 10 aromatic carbocycles. The van der Waals surface area contributed by atoms with Gasteiger partial charge in [0.15, 0.2) is 18.9 Å². The first kappa shape index (κ1) is 73.9. The monoisotopic (exact) mass is 1400 g/mol. The maximum atomic E-state index is 13.0. The summed E-state index contributed by atoms with van der Waals surface area (Å²) in [4.78, 5) is 0. The molecule has 0 bridgehead atoms. The van der Waals surface area contributed by atoms with E-state index >= 15 is 0 Å². The van der Waals surface area contributed by atoms with Gasteiger partial charge in [-0.1, -0.05) is 303 Å². The number of hydrogen-bond acceptors (Lipinski definition) is 16. The van der Waals surface area contributed by atoms with Crippen molar-refractivity contribution < 1.29 is 76.2 Å². The van der Waals surface area contributed by atoms with Crippen LogP contribution in [-0.2, 0) is 137 Å². The molecule has 15 atom stereocenters. The van der Waals surface area contributed by atoms with Gasteiger partial charge in [0.25, 0.3) is 0 Å². The fourth-order valence-electron chi connectivity index (χ4n) is 13.2. The van der Waals surface area contributed by atoms with Crippen LogP contribution in [0.2, 0.25) is 0 Å². The molecule has 3 heterocycles. The highest BCUT2D eigenvalue weighted by Crippen LogP contribution is 2.40. The summed E-state index contributed by atoms with van der Waals surface area (Å²) in [5.41, 5.74) is 9.21. The molecule has 10 aromatic rings. The first-order valence-electron chi connectivity index (χ1n) is 35.9. The molecular formula is C88H92O16. The summed E-state index contributed by atoms with van der Waals surface area (Å²) in [6.45, 7) is 1.82. The second-order valence-electron chi connectivity index (χ2n) is 26.2. The zero-order valence-electron chi connectivity index (χ0n) is 58.3. The molecule has 3 fully saturated rings. The number of rotatable bonds is 37. The second kappa shape index (κ2) is 39.6. The van der Waals surface area contributed by atoms with Gasteiger partial charge in [-0.3, -0.25) is 0 Å². The minimum absolute atomic E-state index is 0.00712. The molecule has 0 radical (unpaired) electrons. The molecule has 3 aliphatic rings. The van der Waals surface area contributed by atoms with Crippen LogP contribution in [0.3, 0.4) is 0 Å². The van der Waals surface area contributed by atoms with Crippen LogP contribution in [0.1, 0.15) is 55.6 Å². The van der Waals surface area contributed by atoms with Gasteiger partial charge in [0.1, 0.15) is 73.2 Å². The van der Waals surface area contributed by atoms with Gasteiger partial charge in [0, 0.05) is 0 Å². The van der Waals surface area contributed by atoms with E-state index in [4.69, 9.17) is 71.1 Å². The Hall–Kier alpha value is -8.44. The van der Waals surface area contributed by atoms with E-state index in [1.165, 1.54) is 0 Å². The molecule has 3 aliphatic heterocycles. The quantitative estimate of drug-likeness (QED) is 0.0392. The lowest BCUT2D eigenvalue weighted by atomic mass is 9.95. The van der Waals surface area contributed by atoms with Crippen LogP contribution in [0.5, 0.6) is 0 Å². The summed E-state index contributed by atoms with van der Waals surface area (Å²) in [6, 6.07) is 99.4. The Balaban J connectivity index is 0.939. The van der Waals surface area contributed by atoms with Gasteiger partial charge in [-0.05, 0) is 55.6 Å². The molecule has 0 spiro atoms. The Morgan fingerprint density at radius 1 is 0.202 bits per heavy atom. The maximum Gasteiger partial charge on any atom is 0.187 e. The van der Waals surface area contributed by atoms with E-state index in [2.05, 4.69) is 0 Å². The van der Waals surface area contributed by atoms with Crippen molar-refractivity contribution >= 4 is 0 Å². The molecule has 0 aromatic heterocycles. The Morgan fingerprint density at radius 2 is 0.394 bits per heavy atom. The standard InChI is InChI=1S/C88H92O16/c89-86-83(80(96-57-70-43-23-7-24-44-70)77(93-54-67-37-17-4-18-38-67)74(100-86)61-90-51-64-31-11-1-12-32-64)103-88-85(82(98-59-72-47-27-9-28-48-72)79(95-56-69-41-21-6-22-42-69)76(102-88)63-92-53-66-35-15-3-16-36-66)104-87-84(99-60-73-49-29-10-30-50-73)81(97-58-71-45-25-8-26-46-71)78(94-55-68-39-19-5-20-40-68)75(101-87)62-91-52-65-33-13-2-14-34-65/h1-50,74-89H,51-63H2/t74-,75-,76-,77-,78-,79-,80+,81+,82+,83+,84+,85+,86+,87+,88-/m1/s1. The van der Waals surface area contributed by atoms with Crippen LogP contribution in [-0.4, -0.2) is 117 Å². The molecule has 0 saturated carbocycles. The summed E-state index contributed by atoms with van der Waals surface area (Å²) in [7, 11) is 0. The van der Waals surface area contributed by atoms with Crippen molar-refractivity contribution in [2.75, 3.05) is 19.8 Å². The lowest BCUT2D eigenvalue weighted by Gasteiger charge is -2.51. The fourth-order valence-corrected chi connectivity index (χ4v) is 13.2. The van der Waals surface area contributed by atoms with E-state index in [0.29, 0.717) is 0 Å². The summed E-state index contributed by atoms with van der Waals surface area (Å²) >= 11 is 0. The number of aliphatic hydroxyl groups excluding tert-OH is 1. The van der Waals surface area contributed by atoms with E-state index < -0.39 is 92.1 Å².